The van der Waals surface area contributed by atoms with Crippen LogP contribution in [0.4, 0.5) is 0 Å². The minimum atomic E-state index is -0.157. The van der Waals surface area contributed by atoms with Crippen LogP contribution in [0.1, 0.15) is 276 Å². The largest absolute Gasteiger partial charge is 0.300 e. The standard InChI is InChI=1S/C12H20O.2C11H18O.3C10H16O.3C9H14O.2C8H12O.C7H10O/c1-4-6-8-12(9-7-5-2)10-11(3)13;1-4-6-8-11(7-5-2)9-10(3)12;1-4-6-8-11(10(3)12)9-7-5-2;1-4-6-7-10(5-2)8-9(3)11;1-4-6-10(7-5-2)8-9(3)11;1-4-6-8-10(7-5-2)9(3)11;1-4-6-9(5-2)7-8(3)10;1-4-6-7-9(5-2)8(3)10;1-4-6-9(7-5-2)8(3)10;1-4-8(5-2)6-7(3)9;1-4-6-8(5-2)7(3)9;1-4-7(5-2)6(3)8/h4-5,12H,1-2,6-10H2,3H3;2*4-5,11H,1-2,6-9H2,3H3;3*4-5,10H,1-2,6-8H2,3H3;3*4-5,9H,1-2,6-7H2,3H3;2*4-5,8H,1-2,6H2,3H3;4-5,7H,1-2H2,3H3. The van der Waals surface area contributed by atoms with E-state index < -0.39 is 0 Å². The Morgan fingerprint density at radius 2 is 0.460 bits per heavy atom. The Morgan fingerprint density at radius 1 is 0.190 bits per heavy atom. The fourth-order valence-electron chi connectivity index (χ4n) is 11.2. The molecule has 0 fully saturated rings. The van der Waals surface area contributed by atoms with Crippen LogP contribution in [0.3, 0.4) is 0 Å². The lowest BCUT2D eigenvalue weighted by atomic mass is 9.93. The molecule has 0 aromatic heterocycles. The van der Waals surface area contributed by atoms with E-state index in [1.54, 1.807) is 137 Å². The topological polar surface area (TPSA) is 205 Å². The first-order chi connectivity index (χ1) is 59.5. The molecule has 0 saturated carbocycles. The van der Waals surface area contributed by atoms with Crippen LogP contribution in [0.2, 0.25) is 0 Å². The lowest BCUT2D eigenvalue weighted by Crippen LogP contribution is -2.10. The van der Waals surface area contributed by atoms with E-state index in [0.29, 0.717) is 74.4 Å². The summed E-state index contributed by atoms with van der Waals surface area (Å²) in [6, 6.07) is 0. The molecule has 0 aliphatic rings. The van der Waals surface area contributed by atoms with Crippen molar-refractivity contribution < 1.29 is 57.5 Å². The third-order valence-corrected chi connectivity index (χ3v) is 18.6. The van der Waals surface area contributed by atoms with Gasteiger partial charge in [-0.05, 0) is 267 Å². The molecule has 12 nitrogen and oxygen atoms in total. The van der Waals surface area contributed by atoms with Crippen LogP contribution in [0.15, 0.2) is 304 Å². The first-order valence-corrected chi connectivity index (χ1v) is 44.3. The van der Waals surface area contributed by atoms with Crippen LogP contribution in [0.25, 0.3) is 0 Å². The Bertz CT molecular complexity index is 3140. The van der Waals surface area contributed by atoms with Crippen LogP contribution in [0, 0.1) is 71.0 Å². The van der Waals surface area contributed by atoms with Crippen molar-refractivity contribution in [3.05, 3.63) is 304 Å². The van der Waals surface area contributed by atoms with Crippen LogP contribution >= 0.6 is 0 Å². The molecule has 708 valence electrons. The predicted molar refractivity (Wildman–Crippen MR) is 553 cm³/mol. The van der Waals surface area contributed by atoms with Crippen molar-refractivity contribution in [2.75, 3.05) is 0 Å². The highest BCUT2D eigenvalue weighted by Crippen LogP contribution is 2.22. The summed E-state index contributed by atoms with van der Waals surface area (Å²) >= 11 is 0. The maximum atomic E-state index is 11.1. The summed E-state index contributed by atoms with van der Waals surface area (Å²) in [5.41, 5.74) is 0. The van der Waals surface area contributed by atoms with Crippen LogP contribution in [0.5, 0.6) is 0 Å². The van der Waals surface area contributed by atoms with Crippen molar-refractivity contribution in [3.8, 4) is 0 Å². The van der Waals surface area contributed by atoms with Crippen molar-refractivity contribution in [2.24, 2.45) is 71.0 Å². The minimum absolute atomic E-state index is 0.0255. The predicted octanol–water partition coefficient (Wildman–Crippen LogP) is 30.5. The molecule has 126 heavy (non-hydrogen) atoms. The van der Waals surface area contributed by atoms with Crippen LogP contribution in [-0.4, -0.2) is 69.4 Å². The van der Waals surface area contributed by atoms with Gasteiger partial charge in [0.05, 0.1) is 5.92 Å². The number of ketones is 12. The Hall–Kier alpha value is -10.2. The van der Waals surface area contributed by atoms with Gasteiger partial charge in [-0.1, -0.05) is 146 Å². The molecule has 0 aromatic carbocycles. The molecule has 6 unspecified atom stereocenters. The quantitative estimate of drug-likeness (QED) is 0.0522. The van der Waals surface area contributed by atoms with Crippen molar-refractivity contribution in [2.45, 2.75) is 276 Å². The third-order valence-electron chi connectivity index (χ3n) is 18.6. The zero-order chi connectivity index (χ0) is 100. The average Bonchev–Trinajstić information content (AvgIpc) is 0.920. The molecule has 0 aliphatic heterocycles. The number of carbonyl (C=O) groups is 12. The monoisotopic (exact) mass is 1740 g/mol. The summed E-state index contributed by atoms with van der Waals surface area (Å²) in [6.07, 6.45) is 69.0. The number of carbonyl (C=O) groups excluding carboxylic acids is 12. The van der Waals surface area contributed by atoms with Crippen molar-refractivity contribution in [1.29, 1.82) is 0 Å². The summed E-state index contributed by atoms with van der Waals surface area (Å²) in [6.45, 7) is 106. The lowest BCUT2D eigenvalue weighted by Gasteiger charge is -2.12. The van der Waals surface area contributed by atoms with E-state index in [9.17, 15) is 57.5 Å². The Morgan fingerprint density at radius 3 is 0.706 bits per heavy atom. The Balaban J connectivity index is -0.000000113. The zero-order valence-electron chi connectivity index (χ0n) is 81.9. The van der Waals surface area contributed by atoms with E-state index >= 15 is 0 Å². The number of hydrogen-bond acceptors (Lipinski definition) is 12. The molecule has 0 heterocycles. The molecule has 0 bridgehead atoms. The van der Waals surface area contributed by atoms with Gasteiger partial charge in [0, 0.05) is 74.0 Å². The summed E-state index contributed by atoms with van der Waals surface area (Å²) in [5, 5.41) is 0. The van der Waals surface area contributed by atoms with Crippen molar-refractivity contribution in [1.82, 2.24) is 0 Å². The second-order valence-corrected chi connectivity index (χ2v) is 30.7. The molecule has 0 saturated heterocycles. The molecular formula is C114H180O12. The van der Waals surface area contributed by atoms with E-state index in [-0.39, 0.29) is 111 Å². The lowest BCUT2D eigenvalue weighted by molar-refractivity contribution is -0.121. The second-order valence-electron chi connectivity index (χ2n) is 30.7. The van der Waals surface area contributed by atoms with E-state index in [2.05, 4.69) is 158 Å². The number of allylic oxidation sites excluding steroid dienone is 24. The van der Waals surface area contributed by atoms with Gasteiger partial charge in [0.25, 0.3) is 0 Å². The molecule has 0 N–H and O–H groups in total. The van der Waals surface area contributed by atoms with E-state index in [0.717, 1.165) is 148 Å². The number of Topliss-reactive ketones (excluding diaryl/α,β-unsaturated/α-hetero) is 12. The molecule has 0 aliphatic carbocycles. The van der Waals surface area contributed by atoms with E-state index in [4.69, 9.17) is 0 Å². The summed E-state index contributed by atoms with van der Waals surface area (Å²) in [4.78, 5) is 129. The van der Waals surface area contributed by atoms with Gasteiger partial charge < -0.3 is 24.0 Å². The zero-order valence-corrected chi connectivity index (χ0v) is 81.9. The molecule has 12 heteroatoms. The third kappa shape index (κ3) is 120. The number of rotatable bonds is 66. The summed E-state index contributed by atoms with van der Waals surface area (Å²) in [7, 11) is 0. The fraction of sp³-hybridized carbons (Fsp3) is 0.474. The van der Waals surface area contributed by atoms with Gasteiger partial charge in [-0.25, -0.2) is 0 Å². The second kappa shape index (κ2) is 111. The van der Waals surface area contributed by atoms with Gasteiger partial charge >= 0.3 is 0 Å². The first-order valence-electron chi connectivity index (χ1n) is 44.3. The molecule has 0 radical (unpaired) electrons. The molecule has 0 spiro atoms. The van der Waals surface area contributed by atoms with Crippen LogP contribution < -0.4 is 0 Å². The van der Waals surface area contributed by atoms with Gasteiger partial charge in [-0.3, -0.25) is 33.6 Å². The molecule has 0 rings (SSSR count). The SMILES string of the molecule is C=CC(C=C)C(C)=O.C=CC(C=C)CC(C)=O.C=CCC(C=C)C(C)=O.C=CCC(C=C)CC(C)=O.C=CCC(CC=C)C(C)=O.C=CCC(CC=C)CC(C)=O.C=CCCC(C=C)C(C)=O.C=CCCC(C=C)CC(C)=O.C=CCCC(CC=C)C(C)=O.C=CCCC(CC=C)CC(C)=O.C=CCCC(CCC=C)C(C)=O.C=CCCC(CCC=C)CC(C)=O. The fourth-order valence-corrected chi connectivity index (χ4v) is 11.2. The normalized spacial score (nSPS) is 10.8. The molecular weight excluding hydrogens is 1560 g/mol. The van der Waals surface area contributed by atoms with Gasteiger partial charge in [0.15, 0.2) is 0 Å². The van der Waals surface area contributed by atoms with Crippen molar-refractivity contribution >= 4 is 69.4 Å². The van der Waals surface area contributed by atoms with E-state index in [1.807, 2.05) is 85.1 Å². The highest BCUT2D eigenvalue weighted by molar-refractivity contribution is 5.83. The average molecular weight is 1740 g/mol. The summed E-state index contributed by atoms with van der Waals surface area (Å²) in [5.74, 6) is 5.16. The van der Waals surface area contributed by atoms with Gasteiger partial charge in [0.1, 0.15) is 69.4 Å². The molecule has 0 aromatic rings. The van der Waals surface area contributed by atoms with Gasteiger partial charge in [0.2, 0.25) is 0 Å². The van der Waals surface area contributed by atoms with E-state index in [1.165, 1.54) is 6.92 Å². The number of hydrogen-bond donors (Lipinski definition) is 0. The van der Waals surface area contributed by atoms with Crippen molar-refractivity contribution in [3.63, 3.8) is 0 Å². The maximum absolute atomic E-state index is 11.1. The van der Waals surface area contributed by atoms with Gasteiger partial charge in [-0.15, -0.1) is 158 Å². The first kappa shape index (κ1) is 142. The maximum Gasteiger partial charge on any atom is 0.140 e. The Labute approximate surface area is 772 Å². The van der Waals surface area contributed by atoms with Gasteiger partial charge in [-0.2, -0.15) is 0 Å². The molecule has 6 atom stereocenters. The summed E-state index contributed by atoms with van der Waals surface area (Å²) < 4.78 is 0. The highest BCUT2D eigenvalue weighted by atomic mass is 16.2. The minimum Gasteiger partial charge on any atom is -0.300 e. The molecule has 0 amide bonds. The highest BCUT2D eigenvalue weighted by Gasteiger charge is 2.16. The van der Waals surface area contributed by atoms with Crippen LogP contribution in [-0.2, 0) is 57.5 Å². The Kier molecular flexibility index (Phi) is 125. The smallest absolute Gasteiger partial charge is 0.140 e.